The highest BCUT2D eigenvalue weighted by molar-refractivity contribution is 5.86. The van der Waals surface area contributed by atoms with Crippen LogP contribution in [0.3, 0.4) is 0 Å². The number of rotatable bonds is 5. The molecule has 1 aliphatic rings. The van der Waals surface area contributed by atoms with Crippen LogP contribution in [0.2, 0.25) is 0 Å². The highest BCUT2D eigenvalue weighted by Gasteiger charge is 2.39. The van der Waals surface area contributed by atoms with E-state index in [4.69, 9.17) is 4.74 Å². The SMILES string of the molecule is COC[C@H]1C[C@@H](C(=O)NCc2cc3cnccc3[nH]2)N(C(=O)O)C1. The number of aromatic nitrogens is 2. The van der Waals surface area contributed by atoms with Crippen LogP contribution < -0.4 is 5.32 Å². The van der Waals surface area contributed by atoms with Crippen molar-refractivity contribution in [2.24, 2.45) is 5.92 Å². The second-order valence-corrected chi connectivity index (χ2v) is 5.98. The number of ether oxygens (including phenoxy) is 1. The molecule has 128 valence electrons. The van der Waals surface area contributed by atoms with Gasteiger partial charge >= 0.3 is 6.09 Å². The number of fused-ring (bicyclic) bond motifs is 1. The van der Waals surface area contributed by atoms with Crippen LogP contribution in [-0.2, 0) is 16.1 Å². The molecule has 3 rings (SSSR count). The first-order valence-electron chi connectivity index (χ1n) is 7.76. The van der Waals surface area contributed by atoms with Crippen LogP contribution in [0, 0.1) is 5.92 Å². The van der Waals surface area contributed by atoms with Gasteiger partial charge in [-0.05, 0) is 18.6 Å². The zero-order valence-electron chi connectivity index (χ0n) is 13.4. The third-order valence-electron chi connectivity index (χ3n) is 4.27. The van der Waals surface area contributed by atoms with Crippen LogP contribution in [0.4, 0.5) is 4.79 Å². The highest BCUT2D eigenvalue weighted by atomic mass is 16.5. The fraction of sp³-hybridized carbons (Fsp3) is 0.438. The zero-order chi connectivity index (χ0) is 17.1. The van der Waals surface area contributed by atoms with Crippen molar-refractivity contribution < 1.29 is 19.4 Å². The lowest BCUT2D eigenvalue weighted by atomic mass is 10.1. The van der Waals surface area contributed by atoms with Crippen LogP contribution in [0.5, 0.6) is 0 Å². The predicted octanol–water partition coefficient (Wildman–Crippen LogP) is 1.19. The van der Waals surface area contributed by atoms with E-state index >= 15 is 0 Å². The minimum Gasteiger partial charge on any atom is -0.465 e. The molecule has 1 aliphatic heterocycles. The fourth-order valence-corrected chi connectivity index (χ4v) is 3.17. The number of H-pyrrole nitrogens is 1. The number of carboxylic acid groups (broad SMARTS) is 1. The normalized spacial score (nSPS) is 20.5. The van der Waals surface area contributed by atoms with E-state index in [-0.39, 0.29) is 11.8 Å². The number of carbonyl (C=O) groups excluding carboxylic acids is 1. The number of hydrogen-bond acceptors (Lipinski definition) is 4. The van der Waals surface area contributed by atoms with E-state index in [1.165, 1.54) is 4.90 Å². The van der Waals surface area contributed by atoms with Crippen LogP contribution in [0.25, 0.3) is 10.9 Å². The molecule has 0 unspecified atom stereocenters. The Hall–Kier alpha value is -2.61. The summed E-state index contributed by atoms with van der Waals surface area (Å²) < 4.78 is 5.08. The maximum Gasteiger partial charge on any atom is 0.407 e. The number of likely N-dealkylation sites (tertiary alicyclic amines) is 1. The molecule has 0 saturated carbocycles. The van der Waals surface area contributed by atoms with Crippen molar-refractivity contribution in [1.29, 1.82) is 0 Å². The van der Waals surface area contributed by atoms with Gasteiger partial charge in [-0.15, -0.1) is 0 Å². The van der Waals surface area contributed by atoms with Crippen LogP contribution in [0.15, 0.2) is 24.5 Å². The van der Waals surface area contributed by atoms with Crippen molar-refractivity contribution in [3.8, 4) is 0 Å². The van der Waals surface area contributed by atoms with Gasteiger partial charge in [-0.25, -0.2) is 4.79 Å². The van der Waals surface area contributed by atoms with Crippen LogP contribution in [0.1, 0.15) is 12.1 Å². The Labute approximate surface area is 138 Å². The zero-order valence-corrected chi connectivity index (χ0v) is 13.4. The van der Waals surface area contributed by atoms with E-state index in [9.17, 15) is 14.7 Å². The van der Waals surface area contributed by atoms with Crippen LogP contribution >= 0.6 is 0 Å². The summed E-state index contributed by atoms with van der Waals surface area (Å²) in [6.07, 6.45) is 2.84. The largest absolute Gasteiger partial charge is 0.465 e. The summed E-state index contributed by atoms with van der Waals surface area (Å²) in [6, 6.07) is 3.10. The standard InChI is InChI=1S/C16H20N4O4/c1-24-9-10-4-14(20(8-10)16(22)23)15(21)18-7-12-5-11-6-17-3-2-13(11)19-12/h2-3,5-6,10,14,19H,4,7-9H2,1H3,(H,18,21)(H,22,23)/t10-,14-/m0/s1. The lowest BCUT2D eigenvalue weighted by molar-refractivity contribution is -0.125. The van der Waals surface area contributed by atoms with Gasteiger partial charge in [-0.1, -0.05) is 0 Å². The first-order chi connectivity index (χ1) is 11.6. The Morgan fingerprint density at radius 3 is 3.08 bits per heavy atom. The number of hydrogen-bond donors (Lipinski definition) is 3. The molecule has 2 aromatic rings. The van der Waals surface area contributed by atoms with Gasteiger partial charge < -0.3 is 20.1 Å². The molecule has 0 spiro atoms. The lowest BCUT2D eigenvalue weighted by Crippen LogP contribution is -2.45. The molecule has 1 saturated heterocycles. The van der Waals surface area contributed by atoms with Gasteiger partial charge in [-0.3, -0.25) is 14.7 Å². The molecule has 24 heavy (non-hydrogen) atoms. The third kappa shape index (κ3) is 3.33. The summed E-state index contributed by atoms with van der Waals surface area (Å²) in [6.45, 7) is 1.08. The van der Waals surface area contributed by atoms with Gasteiger partial charge in [0.15, 0.2) is 0 Å². The molecule has 3 N–H and O–H groups in total. The predicted molar refractivity (Wildman–Crippen MR) is 86.4 cm³/mol. The average molecular weight is 332 g/mol. The average Bonchev–Trinajstić information content (AvgIpc) is 3.16. The van der Waals surface area contributed by atoms with E-state index in [0.717, 1.165) is 16.6 Å². The monoisotopic (exact) mass is 332 g/mol. The molecule has 0 radical (unpaired) electrons. The van der Waals surface area contributed by atoms with Gasteiger partial charge in [-0.2, -0.15) is 0 Å². The molecule has 2 atom stereocenters. The minimum absolute atomic E-state index is 0.0426. The summed E-state index contributed by atoms with van der Waals surface area (Å²) in [5.41, 5.74) is 1.79. The smallest absolute Gasteiger partial charge is 0.407 e. The summed E-state index contributed by atoms with van der Waals surface area (Å²) in [5, 5.41) is 13.1. The van der Waals surface area contributed by atoms with E-state index in [2.05, 4.69) is 15.3 Å². The Kier molecular flexibility index (Phi) is 4.66. The molecule has 8 heteroatoms. The Morgan fingerprint density at radius 2 is 2.38 bits per heavy atom. The van der Waals surface area contributed by atoms with E-state index in [1.807, 2.05) is 12.1 Å². The molecule has 3 heterocycles. The molecule has 0 aromatic carbocycles. The number of pyridine rings is 1. The van der Waals surface area contributed by atoms with Gasteiger partial charge in [0, 0.05) is 48.6 Å². The maximum absolute atomic E-state index is 12.4. The summed E-state index contributed by atoms with van der Waals surface area (Å²) in [5.74, 6) is -0.242. The lowest BCUT2D eigenvalue weighted by Gasteiger charge is -2.20. The minimum atomic E-state index is -1.08. The molecule has 0 bridgehead atoms. The Bertz CT molecular complexity index is 712. The number of aromatic amines is 1. The fourth-order valence-electron chi connectivity index (χ4n) is 3.17. The van der Waals surface area contributed by atoms with Crippen molar-refractivity contribution in [3.05, 3.63) is 30.2 Å². The number of amides is 2. The number of methoxy groups -OCH3 is 1. The molecule has 2 amide bonds. The molecular weight excluding hydrogens is 312 g/mol. The van der Waals surface area contributed by atoms with E-state index in [0.29, 0.717) is 26.1 Å². The third-order valence-corrected chi connectivity index (χ3v) is 4.27. The Morgan fingerprint density at radius 1 is 1.54 bits per heavy atom. The van der Waals surface area contributed by atoms with Crippen LogP contribution in [-0.4, -0.2) is 58.3 Å². The van der Waals surface area contributed by atoms with Gasteiger partial charge in [0.1, 0.15) is 6.04 Å². The second kappa shape index (κ2) is 6.88. The highest BCUT2D eigenvalue weighted by Crippen LogP contribution is 2.24. The first-order valence-corrected chi connectivity index (χ1v) is 7.76. The first kappa shape index (κ1) is 16.3. The molecule has 1 fully saturated rings. The maximum atomic E-state index is 12.4. The summed E-state index contributed by atoms with van der Waals surface area (Å²) >= 11 is 0. The van der Waals surface area contributed by atoms with Crippen molar-refractivity contribution in [1.82, 2.24) is 20.2 Å². The topological polar surface area (TPSA) is 108 Å². The second-order valence-electron chi connectivity index (χ2n) is 5.98. The van der Waals surface area contributed by atoms with Crippen molar-refractivity contribution >= 4 is 22.9 Å². The Balaban J connectivity index is 1.63. The quantitative estimate of drug-likeness (QED) is 0.762. The number of nitrogens with zero attached hydrogens (tertiary/aromatic N) is 2. The molecule has 0 aliphatic carbocycles. The summed E-state index contributed by atoms with van der Waals surface area (Å²) in [4.78, 5) is 32.2. The summed E-state index contributed by atoms with van der Waals surface area (Å²) in [7, 11) is 1.57. The van der Waals surface area contributed by atoms with E-state index < -0.39 is 12.1 Å². The molecule has 8 nitrogen and oxygen atoms in total. The van der Waals surface area contributed by atoms with E-state index in [1.54, 1.807) is 19.5 Å². The van der Waals surface area contributed by atoms with Crippen molar-refractivity contribution in [3.63, 3.8) is 0 Å². The molecular formula is C16H20N4O4. The van der Waals surface area contributed by atoms with Gasteiger partial charge in [0.25, 0.3) is 0 Å². The number of carbonyl (C=O) groups is 2. The number of nitrogens with one attached hydrogen (secondary N) is 2. The van der Waals surface area contributed by atoms with Gasteiger partial charge in [0.2, 0.25) is 5.91 Å². The van der Waals surface area contributed by atoms with Crippen molar-refractivity contribution in [2.75, 3.05) is 20.3 Å². The molecule has 2 aromatic heterocycles. The van der Waals surface area contributed by atoms with Crippen molar-refractivity contribution in [2.45, 2.75) is 19.0 Å². The van der Waals surface area contributed by atoms with Gasteiger partial charge in [0.05, 0.1) is 13.2 Å².